The largest absolute Gasteiger partial charge is 0.476 e. The number of rotatable bonds is 4. The number of hydrogen-bond acceptors (Lipinski definition) is 3. The molecule has 4 nitrogen and oxygen atoms in total. The highest BCUT2D eigenvalue weighted by molar-refractivity contribution is 6.33. The van der Waals surface area contributed by atoms with Crippen LogP contribution >= 0.6 is 11.6 Å². The Morgan fingerprint density at radius 2 is 2.16 bits per heavy atom. The second-order valence-electron chi connectivity index (χ2n) is 5.02. The van der Waals surface area contributed by atoms with Crippen molar-refractivity contribution in [1.29, 1.82) is 0 Å². The van der Waals surface area contributed by atoms with Crippen molar-refractivity contribution in [3.05, 3.63) is 22.8 Å². The molecule has 1 aliphatic rings. The summed E-state index contributed by atoms with van der Waals surface area (Å²) in [6.45, 7) is 4.10. The van der Waals surface area contributed by atoms with Crippen molar-refractivity contribution in [1.82, 2.24) is 4.98 Å². The SMILES string of the molecule is CCCC1CCN(c2ccc(Cl)c(C(=O)O)n2)CC1. The molecule has 1 aliphatic heterocycles. The smallest absolute Gasteiger partial charge is 0.356 e. The van der Waals surface area contributed by atoms with E-state index in [9.17, 15) is 4.79 Å². The minimum atomic E-state index is -1.08. The highest BCUT2D eigenvalue weighted by atomic mass is 35.5. The molecule has 2 heterocycles. The maximum atomic E-state index is 11.0. The van der Waals surface area contributed by atoms with E-state index in [2.05, 4.69) is 16.8 Å². The Hall–Kier alpha value is -1.29. The molecule has 0 amide bonds. The number of aromatic nitrogens is 1. The summed E-state index contributed by atoms with van der Waals surface area (Å²) in [5.74, 6) is 0.442. The first-order valence-electron chi connectivity index (χ1n) is 6.76. The highest BCUT2D eigenvalue weighted by Crippen LogP contribution is 2.26. The number of anilines is 1. The number of piperidine rings is 1. The average molecular weight is 283 g/mol. The Kier molecular flexibility index (Phi) is 4.64. The first-order valence-corrected chi connectivity index (χ1v) is 7.14. The number of pyridine rings is 1. The summed E-state index contributed by atoms with van der Waals surface area (Å²) in [5, 5.41) is 9.23. The van der Waals surface area contributed by atoms with E-state index < -0.39 is 5.97 Å². The van der Waals surface area contributed by atoms with Crippen LogP contribution in [-0.4, -0.2) is 29.1 Å². The molecule has 0 atom stereocenters. The quantitative estimate of drug-likeness (QED) is 0.919. The molecule has 0 spiro atoms. The molecule has 0 radical (unpaired) electrons. The lowest BCUT2D eigenvalue weighted by Gasteiger charge is -2.32. The van der Waals surface area contributed by atoms with Crippen LogP contribution in [0.25, 0.3) is 0 Å². The van der Waals surface area contributed by atoms with Gasteiger partial charge >= 0.3 is 5.97 Å². The monoisotopic (exact) mass is 282 g/mol. The van der Waals surface area contributed by atoms with Crippen molar-refractivity contribution in [3.63, 3.8) is 0 Å². The van der Waals surface area contributed by atoms with E-state index in [1.807, 2.05) is 0 Å². The number of nitrogens with zero attached hydrogens (tertiary/aromatic N) is 2. The first kappa shape index (κ1) is 14.1. The molecule has 5 heteroatoms. The summed E-state index contributed by atoms with van der Waals surface area (Å²) in [6.07, 6.45) is 4.82. The summed E-state index contributed by atoms with van der Waals surface area (Å²) in [6, 6.07) is 3.42. The van der Waals surface area contributed by atoms with Gasteiger partial charge in [0.05, 0.1) is 5.02 Å². The van der Waals surface area contributed by atoms with Crippen LogP contribution in [0.1, 0.15) is 43.1 Å². The van der Waals surface area contributed by atoms with E-state index in [1.54, 1.807) is 12.1 Å². The zero-order chi connectivity index (χ0) is 13.8. The summed E-state index contributed by atoms with van der Waals surface area (Å²) in [4.78, 5) is 17.3. The molecular weight excluding hydrogens is 264 g/mol. The standard InChI is InChI=1S/C14H19ClN2O2/c1-2-3-10-6-8-17(9-7-10)12-5-4-11(15)13(16-12)14(18)19/h4-5,10H,2-3,6-9H2,1H3,(H,18,19). The maximum absolute atomic E-state index is 11.0. The molecular formula is C14H19ClN2O2. The van der Waals surface area contributed by atoms with Crippen molar-refractivity contribution in [2.45, 2.75) is 32.6 Å². The Morgan fingerprint density at radius 1 is 1.47 bits per heavy atom. The molecule has 0 unspecified atom stereocenters. The van der Waals surface area contributed by atoms with Crippen LogP contribution in [0.15, 0.2) is 12.1 Å². The van der Waals surface area contributed by atoms with Gasteiger partial charge in [0.2, 0.25) is 0 Å². The molecule has 104 valence electrons. The van der Waals surface area contributed by atoms with E-state index in [0.29, 0.717) is 0 Å². The molecule has 1 aromatic rings. The zero-order valence-corrected chi connectivity index (χ0v) is 11.9. The van der Waals surface area contributed by atoms with Gasteiger partial charge in [-0.3, -0.25) is 0 Å². The normalized spacial score (nSPS) is 16.6. The molecule has 0 bridgehead atoms. The van der Waals surface area contributed by atoms with Gasteiger partial charge in [-0.05, 0) is 30.9 Å². The van der Waals surface area contributed by atoms with Crippen LogP contribution in [0.4, 0.5) is 5.82 Å². The fourth-order valence-corrected chi connectivity index (χ4v) is 2.80. The summed E-state index contributed by atoms with van der Waals surface area (Å²) >= 11 is 5.83. The minimum absolute atomic E-state index is 0.0603. The number of aromatic carboxylic acids is 1. The summed E-state index contributed by atoms with van der Waals surface area (Å²) in [5.41, 5.74) is -0.0603. The molecule has 1 saturated heterocycles. The second kappa shape index (κ2) is 6.24. The Labute approximate surface area is 118 Å². The molecule has 1 N–H and O–H groups in total. The van der Waals surface area contributed by atoms with Crippen molar-refractivity contribution in [2.24, 2.45) is 5.92 Å². The van der Waals surface area contributed by atoms with Crippen LogP contribution in [-0.2, 0) is 0 Å². The van der Waals surface area contributed by atoms with Gasteiger partial charge in [-0.15, -0.1) is 0 Å². The van der Waals surface area contributed by atoms with E-state index in [0.717, 1.165) is 37.7 Å². The van der Waals surface area contributed by atoms with Gasteiger partial charge in [0.1, 0.15) is 5.82 Å². The van der Waals surface area contributed by atoms with Crippen molar-refractivity contribution in [3.8, 4) is 0 Å². The molecule has 1 fully saturated rings. The van der Waals surface area contributed by atoms with Crippen LogP contribution in [0.2, 0.25) is 5.02 Å². The number of hydrogen-bond donors (Lipinski definition) is 1. The van der Waals surface area contributed by atoms with Gasteiger partial charge in [0, 0.05) is 13.1 Å². The van der Waals surface area contributed by atoms with Gasteiger partial charge in [0.15, 0.2) is 5.69 Å². The highest BCUT2D eigenvalue weighted by Gasteiger charge is 2.21. The molecule has 0 aliphatic carbocycles. The maximum Gasteiger partial charge on any atom is 0.356 e. The van der Waals surface area contributed by atoms with E-state index in [1.165, 1.54) is 12.8 Å². The first-order chi connectivity index (χ1) is 9.11. The number of halogens is 1. The number of carboxylic acid groups (broad SMARTS) is 1. The fraction of sp³-hybridized carbons (Fsp3) is 0.571. The van der Waals surface area contributed by atoms with Crippen molar-refractivity contribution >= 4 is 23.4 Å². The number of carbonyl (C=O) groups is 1. The molecule has 0 aromatic carbocycles. The van der Waals surface area contributed by atoms with Crippen molar-refractivity contribution in [2.75, 3.05) is 18.0 Å². The third-order valence-corrected chi connectivity index (χ3v) is 3.97. The van der Waals surface area contributed by atoms with E-state index in [4.69, 9.17) is 16.7 Å². The van der Waals surface area contributed by atoms with Crippen LogP contribution in [0.3, 0.4) is 0 Å². The van der Waals surface area contributed by atoms with E-state index >= 15 is 0 Å². The molecule has 0 saturated carbocycles. The minimum Gasteiger partial charge on any atom is -0.476 e. The average Bonchev–Trinajstić information content (AvgIpc) is 2.40. The summed E-state index contributed by atoms with van der Waals surface area (Å²) in [7, 11) is 0. The van der Waals surface area contributed by atoms with Crippen molar-refractivity contribution < 1.29 is 9.90 Å². The van der Waals surface area contributed by atoms with Gasteiger partial charge in [-0.2, -0.15) is 0 Å². The van der Waals surface area contributed by atoms with Gasteiger partial charge in [0.25, 0.3) is 0 Å². The van der Waals surface area contributed by atoms with Gasteiger partial charge < -0.3 is 10.0 Å². The fourth-order valence-electron chi connectivity index (χ4n) is 2.62. The van der Waals surface area contributed by atoms with E-state index in [-0.39, 0.29) is 10.7 Å². The van der Waals surface area contributed by atoms with Crippen LogP contribution < -0.4 is 4.90 Å². The van der Waals surface area contributed by atoms with Gasteiger partial charge in [-0.25, -0.2) is 9.78 Å². The molecule has 19 heavy (non-hydrogen) atoms. The van der Waals surface area contributed by atoms with Gasteiger partial charge in [-0.1, -0.05) is 31.4 Å². The zero-order valence-electron chi connectivity index (χ0n) is 11.1. The predicted molar refractivity (Wildman–Crippen MR) is 76.1 cm³/mol. The van der Waals surface area contributed by atoms with Crippen LogP contribution in [0.5, 0.6) is 0 Å². The Balaban J connectivity index is 2.07. The summed E-state index contributed by atoms with van der Waals surface area (Å²) < 4.78 is 0. The lowest BCUT2D eigenvalue weighted by Crippen LogP contribution is -2.34. The second-order valence-corrected chi connectivity index (χ2v) is 5.43. The lowest BCUT2D eigenvalue weighted by atomic mass is 9.92. The molecule has 2 rings (SSSR count). The topological polar surface area (TPSA) is 53.4 Å². The third kappa shape index (κ3) is 3.38. The lowest BCUT2D eigenvalue weighted by molar-refractivity contribution is 0.0691. The Bertz CT molecular complexity index is 457. The third-order valence-electron chi connectivity index (χ3n) is 3.67. The predicted octanol–water partition coefficient (Wildman–Crippen LogP) is 3.45. The Morgan fingerprint density at radius 3 is 2.74 bits per heavy atom. The van der Waals surface area contributed by atoms with Crippen LogP contribution in [0, 0.1) is 5.92 Å². The molecule has 1 aromatic heterocycles. The number of carboxylic acids is 1.